The summed E-state index contributed by atoms with van der Waals surface area (Å²) in [5, 5.41) is 9.83. The van der Waals surface area contributed by atoms with Crippen LogP contribution in [0.3, 0.4) is 0 Å². The molecule has 0 aliphatic rings. The molecule has 3 nitrogen and oxygen atoms in total. The summed E-state index contributed by atoms with van der Waals surface area (Å²) in [5.74, 6) is 0.753. The van der Waals surface area contributed by atoms with Gasteiger partial charge in [-0.2, -0.15) is 0 Å². The van der Waals surface area contributed by atoms with E-state index in [-0.39, 0.29) is 0 Å². The minimum Gasteiger partial charge on any atom is -0.389 e. The third-order valence-corrected chi connectivity index (χ3v) is 2.33. The first-order valence-corrected chi connectivity index (χ1v) is 4.43. The molecule has 0 saturated carbocycles. The fourth-order valence-electron chi connectivity index (χ4n) is 0.860. The Balaban J connectivity index is 2.97. The molecule has 0 amide bonds. The van der Waals surface area contributed by atoms with Gasteiger partial charge in [-0.1, -0.05) is 11.6 Å². The summed E-state index contributed by atoms with van der Waals surface area (Å²) in [4.78, 5) is 4.08. The van der Waals surface area contributed by atoms with E-state index < -0.39 is 6.10 Å². The van der Waals surface area contributed by atoms with Gasteiger partial charge in [0.2, 0.25) is 0 Å². The zero-order valence-electron chi connectivity index (χ0n) is 7.95. The van der Waals surface area contributed by atoms with Crippen LogP contribution in [0.2, 0.25) is 5.15 Å². The molecule has 72 valence electrons. The van der Waals surface area contributed by atoms with E-state index in [2.05, 4.69) is 4.98 Å². The molecule has 13 heavy (non-hydrogen) atoms. The van der Waals surface area contributed by atoms with E-state index in [0.717, 1.165) is 11.4 Å². The largest absolute Gasteiger partial charge is 0.389 e. The minimum absolute atomic E-state index is 0.449. The third-order valence-electron chi connectivity index (χ3n) is 1.98. The van der Waals surface area contributed by atoms with E-state index in [0.29, 0.717) is 5.15 Å². The van der Waals surface area contributed by atoms with Crippen molar-refractivity contribution in [3.63, 3.8) is 0 Å². The van der Waals surface area contributed by atoms with E-state index in [1.807, 2.05) is 20.0 Å². The lowest BCUT2D eigenvalue weighted by Crippen LogP contribution is -2.02. The van der Waals surface area contributed by atoms with Crippen LogP contribution >= 0.6 is 11.6 Å². The number of hydrogen-bond donors (Lipinski definition) is 1. The molecule has 1 N–H and O–H groups in total. The molecule has 0 aliphatic carbocycles. The maximum absolute atomic E-state index is 9.24. The van der Waals surface area contributed by atoms with Crippen molar-refractivity contribution >= 4 is 17.7 Å². The van der Waals surface area contributed by atoms with Crippen LogP contribution in [0, 0.1) is 0 Å². The molecule has 1 unspecified atom stereocenters. The molecule has 0 aliphatic heterocycles. The molecule has 0 saturated heterocycles. The van der Waals surface area contributed by atoms with Gasteiger partial charge in [-0.3, -0.25) is 0 Å². The number of halogens is 1. The van der Waals surface area contributed by atoms with Crippen LogP contribution in [-0.2, 0) is 7.05 Å². The quantitative estimate of drug-likeness (QED) is 0.792. The summed E-state index contributed by atoms with van der Waals surface area (Å²) in [5.41, 5.74) is 0.866. The normalized spacial score (nSPS) is 14.7. The van der Waals surface area contributed by atoms with Crippen LogP contribution in [0.15, 0.2) is 11.8 Å². The minimum atomic E-state index is -0.449. The first-order valence-electron chi connectivity index (χ1n) is 4.06. The second kappa shape index (κ2) is 3.94. The first kappa shape index (κ1) is 10.3. The molecule has 1 heterocycles. The summed E-state index contributed by atoms with van der Waals surface area (Å²) in [6.07, 6.45) is 2.95. The van der Waals surface area contributed by atoms with Crippen molar-refractivity contribution in [1.29, 1.82) is 0 Å². The number of rotatable bonds is 2. The zero-order chi connectivity index (χ0) is 10.0. The predicted molar refractivity (Wildman–Crippen MR) is 53.5 cm³/mol. The van der Waals surface area contributed by atoms with Crippen molar-refractivity contribution in [2.45, 2.75) is 20.0 Å². The summed E-state index contributed by atoms with van der Waals surface area (Å²) in [6, 6.07) is 0. The molecule has 1 atom stereocenters. The van der Waals surface area contributed by atoms with Crippen LogP contribution in [0.4, 0.5) is 0 Å². The van der Waals surface area contributed by atoms with Gasteiger partial charge in [-0.05, 0) is 25.5 Å². The Hall–Kier alpha value is -0.800. The molecular weight excluding hydrogens is 188 g/mol. The Bertz CT molecular complexity index is 328. The Labute approximate surface area is 82.7 Å². The molecular formula is C9H13ClN2O. The first-order chi connectivity index (χ1) is 6.02. The molecule has 0 spiro atoms. The maximum atomic E-state index is 9.24. The lowest BCUT2D eigenvalue weighted by molar-refractivity contribution is 0.232. The Morgan fingerprint density at radius 3 is 2.77 bits per heavy atom. The smallest absolute Gasteiger partial charge is 0.133 e. The summed E-state index contributed by atoms with van der Waals surface area (Å²) in [6.45, 7) is 3.57. The van der Waals surface area contributed by atoms with Gasteiger partial charge >= 0.3 is 0 Å². The average Bonchev–Trinajstić information content (AvgIpc) is 2.36. The highest BCUT2D eigenvalue weighted by Gasteiger charge is 2.03. The fourth-order valence-corrected chi connectivity index (χ4v) is 0.996. The molecule has 0 fully saturated rings. The van der Waals surface area contributed by atoms with Gasteiger partial charge in [-0.15, -0.1) is 0 Å². The lowest BCUT2D eigenvalue weighted by atomic mass is 10.2. The number of aliphatic hydroxyl groups is 1. The van der Waals surface area contributed by atoms with Crippen molar-refractivity contribution in [3.8, 4) is 0 Å². The van der Waals surface area contributed by atoms with Gasteiger partial charge in [0.1, 0.15) is 11.0 Å². The SMILES string of the molecule is C/C(=C\c1ncc(Cl)n1C)C(C)O. The zero-order valence-corrected chi connectivity index (χ0v) is 8.71. The highest BCUT2D eigenvalue weighted by Crippen LogP contribution is 2.13. The summed E-state index contributed by atoms with van der Waals surface area (Å²) < 4.78 is 1.76. The van der Waals surface area contributed by atoms with E-state index >= 15 is 0 Å². The summed E-state index contributed by atoms with van der Waals surface area (Å²) in [7, 11) is 1.83. The molecule has 0 radical (unpaired) electrons. The third kappa shape index (κ3) is 2.32. The molecule has 1 aromatic heterocycles. The van der Waals surface area contributed by atoms with Crippen molar-refractivity contribution < 1.29 is 5.11 Å². The number of nitrogens with zero attached hydrogens (tertiary/aromatic N) is 2. The monoisotopic (exact) mass is 200 g/mol. The molecule has 1 rings (SSSR count). The molecule has 4 heteroatoms. The van der Waals surface area contributed by atoms with Crippen LogP contribution in [0.1, 0.15) is 19.7 Å². The van der Waals surface area contributed by atoms with E-state index in [1.165, 1.54) is 0 Å². The fraction of sp³-hybridized carbons (Fsp3) is 0.444. The number of aromatic nitrogens is 2. The van der Waals surface area contributed by atoms with Crippen LogP contribution < -0.4 is 0 Å². The second-order valence-corrected chi connectivity index (χ2v) is 3.45. The van der Waals surface area contributed by atoms with Crippen LogP contribution in [0.5, 0.6) is 0 Å². The van der Waals surface area contributed by atoms with E-state index in [9.17, 15) is 5.11 Å². The predicted octanol–water partition coefficient (Wildman–Crippen LogP) is 1.86. The van der Waals surface area contributed by atoms with Crippen molar-refractivity contribution in [2.24, 2.45) is 7.05 Å². The Morgan fingerprint density at radius 2 is 2.38 bits per heavy atom. The van der Waals surface area contributed by atoms with Crippen molar-refractivity contribution in [3.05, 3.63) is 22.7 Å². The highest BCUT2D eigenvalue weighted by atomic mass is 35.5. The van der Waals surface area contributed by atoms with Gasteiger partial charge in [0, 0.05) is 7.05 Å². The second-order valence-electron chi connectivity index (χ2n) is 3.06. The molecule has 0 bridgehead atoms. The maximum Gasteiger partial charge on any atom is 0.133 e. The molecule has 0 aromatic carbocycles. The van der Waals surface area contributed by atoms with Gasteiger partial charge in [-0.25, -0.2) is 4.98 Å². The number of hydrogen-bond acceptors (Lipinski definition) is 2. The number of imidazole rings is 1. The van der Waals surface area contributed by atoms with E-state index in [1.54, 1.807) is 17.7 Å². The van der Waals surface area contributed by atoms with Gasteiger partial charge in [0.25, 0.3) is 0 Å². The van der Waals surface area contributed by atoms with Gasteiger partial charge in [0.15, 0.2) is 0 Å². The van der Waals surface area contributed by atoms with Crippen LogP contribution in [-0.4, -0.2) is 20.8 Å². The molecule has 1 aromatic rings. The Kier molecular flexibility index (Phi) is 3.12. The van der Waals surface area contributed by atoms with Gasteiger partial charge < -0.3 is 9.67 Å². The van der Waals surface area contributed by atoms with Crippen molar-refractivity contribution in [2.75, 3.05) is 0 Å². The topological polar surface area (TPSA) is 38.0 Å². The lowest BCUT2D eigenvalue weighted by Gasteiger charge is -2.03. The Morgan fingerprint density at radius 1 is 1.77 bits per heavy atom. The average molecular weight is 201 g/mol. The standard InChI is InChI=1S/C9H13ClN2O/c1-6(7(2)13)4-9-11-5-8(10)12(9)3/h4-5,7,13H,1-3H3/b6-4+. The van der Waals surface area contributed by atoms with Crippen LogP contribution in [0.25, 0.3) is 6.08 Å². The number of aliphatic hydroxyl groups excluding tert-OH is 1. The highest BCUT2D eigenvalue weighted by molar-refractivity contribution is 6.29. The van der Waals surface area contributed by atoms with E-state index in [4.69, 9.17) is 11.6 Å². The van der Waals surface area contributed by atoms with Gasteiger partial charge in [0.05, 0.1) is 12.3 Å². The summed E-state index contributed by atoms with van der Waals surface area (Å²) >= 11 is 5.80. The van der Waals surface area contributed by atoms with Crippen molar-refractivity contribution in [1.82, 2.24) is 9.55 Å².